The minimum atomic E-state index is 0.420. The van der Waals surface area contributed by atoms with E-state index < -0.39 is 0 Å². The third-order valence-corrected chi connectivity index (χ3v) is 3.20. The second kappa shape index (κ2) is 8.01. The zero-order valence-corrected chi connectivity index (χ0v) is 12.3. The summed E-state index contributed by atoms with van der Waals surface area (Å²) in [5.74, 6) is 2.96. The summed E-state index contributed by atoms with van der Waals surface area (Å²) in [5, 5.41) is 6.67. The van der Waals surface area contributed by atoms with E-state index in [1.165, 1.54) is 0 Å². The number of rotatable bonds is 8. The molecule has 0 aliphatic carbocycles. The summed E-state index contributed by atoms with van der Waals surface area (Å²) in [6, 6.07) is 1.95. The van der Waals surface area contributed by atoms with Gasteiger partial charge in [-0.3, -0.25) is 0 Å². The van der Waals surface area contributed by atoms with Crippen LogP contribution in [0.25, 0.3) is 0 Å². The first kappa shape index (κ1) is 15.0. The van der Waals surface area contributed by atoms with Crippen LogP contribution >= 0.6 is 0 Å². The molecule has 112 valence electrons. The van der Waals surface area contributed by atoms with E-state index in [4.69, 9.17) is 9.47 Å². The molecule has 1 aliphatic rings. The van der Waals surface area contributed by atoms with E-state index in [2.05, 4.69) is 27.5 Å². The lowest BCUT2D eigenvalue weighted by atomic mass is 10.1. The third kappa shape index (κ3) is 4.61. The highest BCUT2D eigenvalue weighted by Gasteiger charge is 2.15. The van der Waals surface area contributed by atoms with E-state index in [1.54, 1.807) is 7.11 Å². The standard InChI is InChI=1S/C14H24N4O2/c1-3-5-15-12-7-13(18-14(17-12)10-19-2)16-8-11-4-6-20-9-11/h7,11H,3-6,8-10H2,1-2H3,(H2,15,16,17,18). The monoisotopic (exact) mass is 280 g/mol. The molecule has 1 aromatic rings. The average Bonchev–Trinajstić information content (AvgIpc) is 2.96. The Labute approximate surface area is 120 Å². The number of hydrogen-bond acceptors (Lipinski definition) is 6. The molecule has 2 heterocycles. The second-order valence-electron chi connectivity index (χ2n) is 5.02. The molecule has 1 aromatic heterocycles. The summed E-state index contributed by atoms with van der Waals surface area (Å²) < 4.78 is 10.5. The van der Waals surface area contributed by atoms with Gasteiger partial charge in [-0.1, -0.05) is 6.92 Å². The maximum Gasteiger partial charge on any atom is 0.158 e. The Balaban J connectivity index is 1.98. The van der Waals surface area contributed by atoms with Crippen molar-refractivity contribution in [2.75, 3.05) is 44.0 Å². The average molecular weight is 280 g/mol. The van der Waals surface area contributed by atoms with Crippen molar-refractivity contribution in [1.82, 2.24) is 9.97 Å². The molecule has 6 nitrogen and oxygen atoms in total. The highest BCUT2D eigenvalue weighted by molar-refractivity contribution is 5.47. The highest BCUT2D eigenvalue weighted by atomic mass is 16.5. The minimum Gasteiger partial charge on any atom is -0.381 e. The first-order valence-electron chi connectivity index (χ1n) is 7.24. The number of nitrogens with one attached hydrogen (secondary N) is 2. The lowest BCUT2D eigenvalue weighted by molar-refractivity contribution is 0.178. The first-order valence-corrected chi connectivity index (χ1v) is 7.24. The lowest BCUT2D eigenvalue weighted by Gasteiger charge is -2.13. The first-order chi connectivity index (χ1) is 9.81. The van der Waals surface area contributed by atoms with Crippen LogP contribution in [0.2, 0.25) is 0 Å². The number of ether oxygens (including phenoxy) is 2. The largest absolute Gasteiger partial charge is 0.381 e. The lowest BCUT2D eigenvalue weighted by Crippen LogP contribution is -2.16. The van der Waals surface area contributed by atoms with Gasteiger partial charge in [-0.25, -0.2) is 9.97 Å². The van der Waals surface area contributed by atoms with Crippen molar-refractivity contribution < 1.29 is 9.47 Å². The summed E-state index contributed by atoms with van der Waals surface area (Å²) in [5.41, 5.74) is 0. The van der Waals surface area contributed by atoms with Gasteiger partial charge in [-0.2, -0.15) is 0 Å². The zero-order valence-electron chi connectivity index (χ0n) is 12.3. The van der Waals surface area contributed by atoms with E-state index in [1.807, 2.05) is 6.07 Å². The van der Waals surface area contributed by atoms with Crippen LogP contribution < -0.4 is 10.6 Å². The molecule has 0 amide bonds. The topological polar surface area (TPSA) is 68.3 Å². The number of anilines is 2. The summed E-state index contributed by atoms with van der Waals surface area (Å²) in [4.78, 5) is 8.89. The number of methoxy groups -OCH3 is 1. The fourth-order valence-corrected chi connectivity index (χ4v) is 2.12. The van der Waals surface area contributed by atoms with Crippen LogP contribution in [-0.4, -0.2) is 43.4 Å². The van der Waals surface area contributed by atoms with Gasteiger partial charge in [-0.05, 0) is 12.8 Å². The molecule has 1 atom stereocenters. The molecule has 2 N–H and O–H groups in total. The molecular weight excluding hydrogens is 256 g/mol. The minimum absolute atomic E-state index is 0.420. The van der Waals surface area contributed by atoms with Crippen LogP contribution in [-0.2, 0) is 16.1 Å². The molecule has 0 bridgehead atoms. The molecule has 20 heavy (non-hydrogen) atoms. The number of hydrogen-bond donors (Lipinski definition) is 2. The molecule has 2 rings (SSSR count). The SMILES string of the molecule is CCCNc1cc(NCC2CCOC2)nc(COC)n1. The summed E-state index contributed by atoms with van der Waals surface area (Å²) in [7, 11) is 1.65. The Morgan fingerprint density at radius 1 is 1.35 bits per heavy atom. The smallest absolute Gasteiger partial charge is 0.158 e. The van der Waals surface area contributed by atoms with Gasteiger partial charge < -0.3 is 20.1 Å². The van der Waals surface area contributed by atoms with E-state index in [0.29, 0.717) is 18.3 Å². The maximum absolute atomic E-state index is 5.38. The van der Waals surface area contributed by atoms with Gasteiger partial charge in [-0.15, -0.1) is 0 Å². The fourth-order valence-electron chi connectivity index (χ4n) is 2.12. The van der Waals surface area contributed by atoms with Crippen molar-refractivity contribution in [2.24, 2.45) is 5.92 Å². The van der Waals surface area contributed by atoms with Gasteiger partial charge in [0.2, 0.25) is 0 Å². The van der Waals surface area contributed by atoms with Gasteiger partial charge in [0.25, 0.3) is 0 Å². The van der Waals surface area contributed by atoms with Gasteiger partial charge in [0.15, 0.2) is 5.82 Å². The molecule has 1 fully saturated rings. The molecule has 0 saturated carbocycles. The molecule has 1 aliphatic heterocycles. The Bertz CT molecular complexity index is 408. The maximum atomic E-state index is 5.38. The molecule has 0 aromatic carbocycles. The van der Waals surface area contributed by atoms with Crippen LogP contribution in [0.1, 0.15) is 25.6 Å². The van der Waals surface area contributed by atoms with Gasteiger partial charge >= 0.3 is 0 Å². The molecule has 1 saturated heterocycles. The predicted octanol–water partition coefficient (Wildman–Crippen LogP) is 1.89. The molecule has 0 radical (unpaired) electrons. The summed E-state index contributed by atoms with van der Waals surface area (Å²) in [6.07, 6.45) is 2.18. The van der Waals surface area contributed by atoms with Crippen molar-refractivity contribution in [3.63, 3.8) is 0 Å². The molecule has 0 spiro atoms. The number of nitrogens with zero attached hydrogens (tertiary/aromatic N) is 2. The van der Waals surface area contributed by atoms with E-state index in [9.17, 15) is 0 Å². The highest BCUT2D eigenvalue weighted by Crippen LogP contribution is 2.16. The zero-order chi connectivity index (χ0) is 14.2. The van der Waals surface area contributed by atoms with Crippen LogP contribution in [0, 0.1) is 5.92 Å². The quantitative estimate of drug-likeness (QED) is 0.758. The normalized spacial score (nSPS) is 18.2. The molecule has 1 unspecified atom stereocenters. The Morgan fingerprint density at radius 2 is 2.15 bits per heavy atom. The predicted molar refractivity (Wildman–Crippen MR) is 78.9 cm³/mol. The van der Waals surface area contributed by atoms with Crippen LogP contribution in [0.5, 0.6) is 0 Å². The van der Waals surface area contributed by atoms with Crippen molar-refractivity contribution in [1.29, 1.82) is 0 Å². The van der Waals surface area contributed by atoms with Crippen molar-refractivity contribution in [3.05, 3.63) is 11.9 Å². The number of aromatic nitrogens is 2. The van der Waals surface area contributed by atoms with E-state index >= 15 is 0 Å². The van der Waals surface area contributed by atoms with Gasteiger partial charge in [0.05, 0.1) is 6.61 Å². The van der Waals surface area contributed by atoms with Crippen molar-refractivity contribution in [2.45, 2.75) is 26.4 Å². The Kier molecular flexibility index (Phi) is 6.01. The molecular formula is C14H24N4O2. The second-order valence-corrected chi connectivity index (χ2v) is 5.02. The van der Waals surface area contributed by atoms with Gasteiger partial charge in [0, 0.05) is 38.8 Å². The Hall–Kier alpha value is -1.40. The van der Waals surface area contributed by atoms with Crippen LogP contribution in [0.15, 0.2) is 6.07 Å². The van der Waals surface area contributed by atoms with Crippen LogP contribution in [0.3, 0.4) is 0 Å². The summed E-state index contributed by atoms with van der Waals surface area (Å²) in [6.45, 7) is 6.04. The van der Waals surface area contributed by atoms with Crippen LogP contribution in [0.4, 0.5) is 11.6 Å². The van der Waals surface area contributed by atoms with E-state index in [0.717, 1.165) is 50.8 Å². The fraction of sp³-hybridized carbons (Fsp3) is 0.714. The van der Waals surface area contributed by atoms with Gasteiger partial charge in [0.1, 0.15) is 18.2 Å². The van der Waals surface area contributed by atoms with Crippen molar-refractivity contribution in [3.8, 4) is 0 Å². The summed E-state index contributed by atoms with van der Waals surface area (Å²) >= 11 is 0. The third-order valence-electron chi connectivity index (χ3n) is 3.20. The van der Waals surface area contributed by atoms with E-state index in [-0.39, 0.29) is 0 Å². The Morgan fingerprint density at radius 3 is 2.80 bits per heavy atom. The van der Waals surface area contributed by atoms with Crippen molar-refractivity contribution >= 4 is 11.6 Å². The molecule has 6 heteroatoms.